The summed E-state index contributed by atoms with van der Waals surface area (Å²) in [5.74, 6) is -0.269. The monoisotopic (exact) mass is 421 g/mol. The number of amides is 1. The van der Waals surface area contributed by atoms with Crippen LogP contribution in [0.25, 0.3) is 21.8 Å². The van der Waals surface area contributed by atoms with E-state index in [1.165, 1.54) is 12.1 Å². The molecule has 0 spiro atoms. The first-order valence-corrected chi connectivity index (χ1v) is 10.8. The van der Waals surface area contributed by atoms with Gasteiger partial charge in [0.1, 0.15) is 6.54 Å². The third-order valence-electron chi connectivity index (χ3n) is 4.90. The van der Waals surface area contributed by atoms with Crippen LogP contribution in [-0.2, 0) is 27.9 Å². The molecule has 152 valence electrons. The molecule has 8 heteroatoms. The Morgan fingerprint density at radius 3 is 2.10 bits per heavy atom. The number of nitrogens with two attached hydrogens (primary N) is 1. The molecule has 3 N–H and O–H groups in total. The van der Waals surface area contributed by atoms with Crippen molar-refractivity contribution in [1.82, 2.24) is 9.88 Å². The molecule has 4 aromatic rings. The van der Waals surface area contributed by atoms with E-state index >= 15 is 0 Å². The first-order valence-electron chi connectivity index (χ1n) is 9.23. The van der Waals surface area contributed by atoms with Gasteiger partial charge in [-0.3, -0.25) is 9.59 Å². The van der Waals surface area contributed by atoms with Gasteiger partial charge in [-0.15, -0.1) is 0 Å². The Balaban J connectivity index is 1.64. The predicted molar refractivity (Wildman–Crippen MR) is 115 cm³/mol. The molecule has 0 atom stereocenters. The zero-order valence-electron chi connectivity index (χ0n) is 15.9. The molecule has 30 heavy (non-hydrogen) atoms. The Morgan fingerprint density at radius 1 is 0.900 bits per heavy atom. The third kappa shape index (κ3) is 3.83. The first kappa shape index (κ1) is 19.8. The minimum Gasteiger partial charge on any atom is -0.350 e. The Bertz CT molecular complexity index is 1380. The number of pyridine rings is 1. The summed E-state index contributed by atoms with van der Waals surface area (Å²) in [6, 6.07) is 20.5. The number of hydrogen-bond acceptors (Lipinski definition) is 4. The minimum atomic E-state index is -3.81. The number of hydrogen-bond donors (Lipinski definition) is 2. The summed E-state index contributed by atoms with van der Waals surface area (Å²) in [7, 11) is -3.81. The molecular formula is C22H19N3O4S. The standard InChI is InChI=1S/C22H19N3O4S/c23-30(28,29)16-7-5-6-15(12-16)13-24-21(26)14-25-19-10-3-1-8-17(19)22(27)18-9-2-4-11-20(18)25/h1-12H,13-14H2,(H,24,26)(H2,23,28,29). The van der Waals surface area contributed by atoms with Crippen LogP contribution >= 0.6 is 0 Å². The van der Waals surface area contributed by atoms with Crippen LogP contribution < -0.4 is 15.9 Å². The maximum absolute atomic E-state index is 12.8. The lowest BCUT2D eigenvalue weighted by Crippen LogP contribution is -2.28. The maximum atomic E-state index is 12.8. The number of fused-ring (bicyclic) bond motifs is 2. The second-order valence-electron chi connectivity index (χ2n) is 6.92. The maximum Gasteiger partial charge on any atom is 0.240 e. The molecular weight excluding hydrogens is 402 g/mol. The molecule has 1 amide bonds. The number of rotatable bonds is 5. The summed E-state index contributed by atoms with van der Waals surface area (Å²) >= 11 is 0. The summed E-state index contributed by atoms with van der Waals surface area (Å²) in [5.41, 5.74) is 1.89. The average molecular weight is 421 g/mol. The highest BCUT2D eigenvalue weighted by Crippen LogP contribution is 2.19. The van der Waals surface area contributed by atoms with E-state index in [1.807, 2.05) is 28.8 Å². The molecule has 0 unspecified atom stereocenters. The lowest BCUT2D eigenvalue weighted by Gasteiger charge is -2.15. The lowest BCUT2D eigenvalue weighted by atomic mass is 10.1. The van der Waals surface area contributed by atoms with Crippen molar-refractivity contribution in [1.29, 1.82) is 0 Å². The van der Waals surface area contributed by atoms with Crippen molar-refractivity contribution in [3.05, 3.63) is 88.6 Å². The Labute approximate surface area is 172 Å². The van der Waals surface area contributed by atoms with Crippen molar-refractivity contribution in [2.24, 2.45) is 5.14 Å². The van der Waals surface area contributed by atoms with Crippen molar-refractivity contribution in [3.63, 3.8) is 0 Å². The molecule has 3 aromatic carbocycles. The van der Waals surface area contributed by atoms with Crippen molar-refractivity contribution in [2.75, 3.05) is 0 Å². The number of primary sulfonamides is 1. The smallest absolute Gasteiger partial charge is 0.240 e. The molecule has 1 heterocycles. The summed E-state index contributed by atoms with van der Waals surface area (Å²) in [5, 5.41) is 9.05. The second kappa shape index (κ2) is 7.74. The van der Waals surface area contributed by atoms with E-state index < -0.39 is 10.0 Å². The Hall–Kier alpha value is -3.49. The number of para-hydroxylation sites is 2. The van der Waals surface area contributed by atoms with E-state index in [9.17, 15) is 18.0 Å². The Morgan fingerprint density at radius 2 is 1.50 bits per heavy atom. The quantitative estimate of drug-likeness (QED) is 0.481. The zero-order chi connectivity index (χ0) is 21.3. The molecule has 0 aliphatic heterocycles. The van der Waals surface area contributed by atoms with Crippen molar-refractivity contribution in [2.45, 2.75) is 18.0 Å². The minimum absolute atomic E-state index is 0.00773. The van der Waals surface area contributed by atoms with Gasteiger partial charge in [0, 0.05) is 17.3 Å². The molecule has 0 saturated carbocycles. The second-order valence-corrected chi connectivity index (χ2v) is 8.48. The molecule has 0 radical (unpaired) electrons. The summed E-state index contributed by atoms with van der Waals surface area (Å²) in [4.78, 5) is 25.5. The molecule has 0 aliphatic carbocycles. The predicted octanol–water partition coefficient (Wildman–Crippen LogP) is 2.12. The van der Waals surface area contributed by atoms with Crippen molar-refractivity contribution < 1.29 is 13.2 Å². The fourth-order valence-electron chi connectivity index (χ4n) is 3.48. The van der Waals surface area contributed by atoms with Crippen LogP contribution in [0, 0.1) is 0 Å². The fourth-order valence-corrected chi connectivity index (χ4v) is 4.06. The van der Waals surface area contributed by atoms with Crippen LogP contribution in [0.3, 0.4) is 0 Å². The molecule has 4 rings (SSSR count). The largest absolute Gasteiger partial charge is 0.350 e. The molecule has 0 bridgehead atoms. The summed E-state index contributed by atoms with van der Waals surface area (Å²) in [6.45, 7) is 0.161. The van der Waals surface area contributed by atoms with Gasteiger partial charge >= 0.3 is 0 Å². The van der Waals surface area contributed by atoms with E-state index in [-0.39, 0.29) is 29.3 Å². The van der Waals surface area contributed by atoms with Gasteiger partial charge in [0.25, 0.3) is 0 Å². The highest BCUT2D eigenvalue weighted by atomic mass is 32.2. The van der Waals surface area contributed by atoms with Gasteiger partial charge < -0.3 is 9.88 Å². The highest BCUT2D eigenvalue weighted by Gasteiger charge is 2.13. The zero-order valence-corrected chi connectivity index (χ0v) is 16.7. The first-order chi connectivity index (χ1) is 14.3. The number of carbonyl (C=O) groups excluding carboxylic acids is 1. The molecule has 0 saturated heterocycles. The summed E-state index contributed by atoms with van der Waals surface area (Å²) in [6.07, 6.45) is 0. The van der Waals surface area contributed by atoms with Gasteiger partial charge in [-0.1, -0.05) is 36.4 Å². The number of nitrogens with zero attached hydrogens (tertiary/aromatic N) is 1. The topological polar surface area (TPSA) is 111 Å². The van der Waals surface area contributed by atoms with E-state index in [2.05, 4.69) is 5.32 Å². The third-order valence-corrected chi connectivity index (χ3v) is 5.81. The van der Waals surface area contributed by atoms with Gasteiger partial charge in [-0.25, -0.2) is 13.6 Å². The average Bonchev–Trinajstić information content (AvgIpc) is 2.75. The number of sulfonamides is 1. The normalized spacial score (nSPS) is 11.6. The van der Waals surface area contributed by atoms with Crippen LogP contribution in [0.5, 0.6) is 0 Å². The van der Waals surface area contributed by atoms with Crippen LogP contribution in [-0.4, -0.2) is 18.9 Å². The van der Waals surface area contributed by atoms with Crippen LogP contribution in [0.1, 0.15) is 5.56 Å². The number of benzene rings is 3. The molecule has 0 aliphatic rings. The van der Waals surface area contributed by atoms with E-state index in [4.69, 9.17) is 5.14 Å². The van der Waals surface area contributed by atoms with E-state index in [0.717, 1.165) is 0 Å². The van der Waals surface area contributed by atoms with Gasteiger partial charge in [-0.05, 0) is 42.0 Å². The number of aromatic nitrogens is 1. The number of nitrogens with one attached hydrogen (secondary N) is 1. The van der Waals surface area contributed by atoms with E-state index in [1.54, 1.807) is 36.4 Å². The molecule has 1 aromatic heterocycles. The SMILES string of the molecule is NS(=O)(=O)c1cccc(CNC(=O)Cn2c3ccccc3c(=O)c3ccccc32)c1. The van der Waals surface area contributed by atoms with Crippen molar-refractivity contribution >= 4 is 37.7 Å². The van der Waals surface area contributed by atoms with Crippen LogP contribution in [0.2, 0.25) is 0 Å². The fraction of sp³-hybridized carbons (Fsp3) is 0.0909. The lowest BCUT2D eigenvalue weighted by molar-refractivity contribution is -0.121. The summed E-state index contributed by atoms with van der Waals surface area (Å²) < 4.78 is 24.8. The van der Waals surface area contributed by atoms with Crippen LogP contribution in [0.4, 0.5) is 0 Å². The highest BCUT2D eigenvalue weighted by molar-refractivity contribution is 7.89. The van der Waals surface area contributed by atoms with Crippen LogP contribution in [0.15, 0.2) is 82.5 Å². The Kier molecular flexibility index (Phi) is 5.11. The molecule has 7 nitrogen and oxygen atoms in total. The van der Waals surface area contributed by atoms with E-state index in [0.29, 0.717) is 27.4 Å². The van der Waals surface area contributed by atoms with Gasteiger partial charge in [0.15, 0.2) is 5.43 Å². The van der Waals surface area contributed by atoms with Gasteiger partial charge in [0.2, 0.25) is 15.9 Å². The number of carbonyl (C=O) groups is 1. The van der Waals surface area contributed by atoms with Crippen molar-refractivity contribution in [3.8, 4) is 0 Å². The molecule has 0 fully saturated rings. The van der Waals surface area contributed by atoms with Gasteiger partial charge in [-0.2, -0.15) is 0 Å². The van der Waals surface area contributed by atoms with Gasteiger partial charge in [0.05, 0.1) is 15.9 Å².